The highest BCUT2D eigenvalue weighted by atomic mass is 16.5. The Hall–Kier alpha value is -2.32. The number of benzene rings is 1. The Balaban J connectivity index is 2.13. The Morgan fingerprint density at radius 3 is 2.19 bits per heavy atom. The number of nitrogens with one attached hydrogen (secondary N) is 2. The number of ether oxygens (including phenoxy) is 3. The molecule has 0 aromatic heterocycles. The largest absolute Gasteiger partial charge is 0.493 e. The molecule has 1 unspecified atom stereocenters. The summed E-state index contributed by atoms with van der Waals surface area (Å²) in [7, 11) is 6.16. The number of Topliss-reactive ketones (excluding diaryl/α,β-unsaturated/α-hetero) is 1. The molecule has 27 heavy (non-hydrogen) atoms. The molecule has 1 amide bonds. The van der Waals surface area contributed by atoms with Crippen molar-refractivity contribution in [3.05, 3.63) is 17.7 Å². The second-order valence-electron chi connectivity index (χ2n) is 6.29. The number of piperazine rings is 1. The lowest BCUT2D eigenvalue weighted by atomic mass is 10.0. The predicted octanol–water partition coefficient (Wildman–Crippen LogP) is 0.695. The highest BCUT2D eigenvalue weighted by Gasteiger charge is 2.27. The molecule has 1 aromatic carbocycles. The van der Waals surface area contributed by atoms with Crippen LogP contribution in [0.1, 0.15) is 23.2 Å². The predicted molar refractivity (Wildman–Crippen MR) is 102 cm³/mol. The third-order valence-corrected chi connectivity index (χ3v) is 4.77. The third kappa shape index (κ3) is 5.11. The lowest BCUT2D eigenvalue weighted by molar-refractivity contribution is -0.126. The van der Waals surface area contributed by atoms with Gasteiger partial charge in [0.1, 0.15) is 0 Å². The SMILES string of the molecule is CNC(=O)C(CCC(=O)c1cc(OC)c(OC)c(OC)c1)N1CCNCC1. The molecule has 1 aromatic rings. The Labute approximate surface area is 160 Å². The van der Waals surface area contributed by atoms with Crippen molar-refractivity contribution < 1.29 is 23.8 Å². The molecule has 8 heteroatoms. The lowest BCUT2D eigenvalue weighted by Crippen LogP contribution is -2.53. The molecule has 0 aliphatic carbocycles. The Morgan fingerprint density at radius 1 is 1.11 bits per heavy atom. The minimum Gasteiger partial charge on any atom is -0.493 e. The third-order valence-electron chi connectivity index (χ3n) is 4.77. The summed E-state index contributed by atoms with van der Waals surface area (Å²) in [5, 5.41) is 5.98. The average molecular weight is 379 g/mol. The van der Waals surface area contributed by atoms with Crippen molar-refractivity contribution in [1.29, 1.82) is 0 Å². The van der Waals surface area contributed by atoms with Gasteiger partial charge < -0.3 is 24.8 Å². The highest BCUT2D eigenvalue weighted by molar-refractivity contribution is 5.97. The number of carbonyl (C=O) groups is 2. The fourth-order valence-electron chi connectivity index (χ4n) is 3.29. The van der Waals surface area contributed by atoms with Gasteiger partial charge in [-0.25, -0.2) is 0 Å². The lowest BCUT2D eigenvalue weighted by Gasteiger charge is -2.33. The van der Waals surface area contributed by atoms with Crippen molar-refractivity contribution in [2.45, 2.75) is 18.9 Å². The van der Waals surface area contributed by atoms with Crippen LogP contribution in [0.5, 0.6) is 17.2 Å². The number of likely N-dealkylation sites (N-methyl/N-ethyl adjacent to an activating group) is 1. The van der Waals surface area contributed by atoms with Crippen LogP contribution in [0, 0.1) is 0 Å². The number of rotatable bonds is 9. The van der Waals surface area contributed by atoms with E-state index in [-0.39, 0.29) is 24.2 Å². The summed E-state index contributed by atoms with van der Waals surface area (Å²) in [6.07, 6.45) is 0.704. The summed E-state index contributed by atoms with van der Waals surface area (Å²) in [4.78, 5) is 27.2. The van der Waals surface area contributed by atoms with Crippen LogP contribution in [-0.4, -0.2) is 77.2 Å². The first-order valence-electron chi connectivity index (χ1n) is 9.05. The molecule has 2 N–H and O–H groups in total. The van der Waals surface area contributed by atoms with Gasteiger partial charge in [-0.3, -0.25) is 14.5 Å². The van der Waals surface area contributed by atoms with Gasteiger partial charge in [-0.05, 0) is 18.6 Å². The molecule has 1 aliphatic heterocycles. The van der Waals surface area contributed by atoms with Crippen molar-refractivity contribution in [1.82, 2.24) is 15.5 Å². The molecular formula is C19H29N3O5. The number of methoxy groups -OCH3 is 3. The van der Waals surface area contributed by atoms with Crippen LogP contribution in [0.25, 0.3) is 0 Å². The molecule has 1 atom stereocenters. The molecule has 0 saturated carbocycles. The Kier molecular flexibility index (Phi) is 7.87. The summed E-state index contributed by atoms with van der Waals surface area (Å²) < 4.78 is 15.9. The van der Waals surface area contributed by atoms with E-state index in [2.05, 4.69) is 15.5 Å². The number of hydrogen-bond donors (Lipinski definition) is 2. The van der Waals surface area contributed by atoms with Gasteiger partial charge in [0.15, 0.2) is 17.3 Å². The topological polar surface area (TPSA) is 89.1 Å². The molecule has 8 nitrogen and oxygen atoms in total. The van der Waals surface area contributed by atoms with Gasteiger partial charge >= 0.3 is 0 Å². The summed E-state index contributed by atoms with van der Waals surface area (Å²) >= 11 is 0. The zero-order valence-corrected chi connectivity index (χ0v) is 16.5. The summed E-state index contributed by atoms with van der Waals surface area (Å²) in [6.45, 7) is 3.26. The van der Waals surface area contributed by atoms with Crippen molar-refractivity contribution in [2.24, 2.45) is 0 Å². The average Bonchev–Trinajstić information content (AvgIpc) is 2.72. The molecule has 1 saturated heterocycles. The molecule has 150 valence electrons. The van der Waals surface area contributed by atoms with E-state index in [0.717, 1.165) is 26.2 Å². The van der Waals surface area contributed by atoms with Crippen molar-refractivity contribution in [3.8, 4) is 17.2 Å². The first kappa shape index (κ1) is 21.0. The first-order valence-corrected chi connectivity index (χ1v) is 9.05. The molecule has 1 fully saturated rings. The van der Waals surface area contributed by atoms with E-state index in [1.54, 1.807) is 19.2 Å². The van der Waals surface area contributed by atoms with E-state index in [9.17, 15) is 9.59 Å². The van der Waals surface area contributed by atoms with Crippen LogP contribution in [-0.2, 0) is 4.79 Å². The van der Waals surface area contributed by atoms with Gasteiger partial charge in [0.2, 0.25) is 11.7 Å². The maximum absolute atomic E-state index is 12.8. The van der Waals surface area contributed by atoms with Gasteiger partial charge in [0, 0.05) is 45.2 Å². The Morgan fingerprint density at radius 2 is 1.70 bits per heavy atom. The molecule has 2 rings (SSSR count). The van der Waals surface area contributed by atoms with E-state index in [0.29, 0.717) is 29.2 Å². The normalized spacial score (nSPS) is 15.7. The number of ketones is 1. The standard InChI is InChI=1S/C19H29N3O5/c1-20-19(24)14(22-9-7-21-8-10-22)5-6-15(23)13-11-16(25-2)18(27-4)17(12-13)26-3/h11-12,14,21H,5-10H2,1-4H3,(H,20,24). The van der Waals surface area contributed by atoms with E-state index in [1.807, 2.05) is 0 Å². The van der Waals surface area contributed by atoms with Crippen molar-refractivity contribution in [2.75, 3.05) is 54.6 Å². The van der Waals surface area contributed by atoms with Crippen LogP contribution < -0.4 is 24.8 Å². The van der Waals surface area contributed by atoms with Crippen molar-refractivity contribution in [3.63, 3.8) is 0 Å². The minimum atomic E-state index is -0.317. The van der Waals surface area contributed by atoms with E-state index in [4.69, 9.17) is 14.2 Å². The number of nitrogens with zero attached hydrogens (tertiary/aromatic N) is 1. The molecule has 0 bridgehead atoms. The highest BCUT2D eigenvalue weighted by Crippen LogP contribution is 2.38. The van der Waals surface area contributed by atoms with Crippen LogP contribution >= 0.6 is 0 Å². The van der Waals surface area contributed by atoms with Gasteiger partial charge in [0.05, 0.1) is 27.4 Å². The van der Waals surface area contributed by atoms with Gasteiger partial charge in [-0.15, -0.1) is 0 Å². The number of carbonyl (C=O) groups excluding carboxylic acids is 2. The van der Waals surface area contributed by atoms with Gasteiger partial charge in [0.25, 0.3) is 0 Å². The zero-order chi connectivity index (χ0) is 19.8. The second kappa shape index (κ2) is 10.1. The fourth-order valence-corrected chi connectivity index (χ4v) is 3.29. The Bertz CT molecular complexity index is 634. The van der Waals surface area contributed by atoms with E-state index in [1.165, 1.54) is 21.3 Å². The smallest absolute Gasteiger partial charge is 0.237 e. The first-order chi connectivity index (χ1) is 13.0. The maximum Gasteiger partial charge on any atom is 0.237 e. The van der Waals surface area contributed by atoms with Gasteiger partial charge in [-0.2, -0.15) is 0 Å². The fraction of sp³-hybridized carbons (Fsp3) is 0.579. The maximum atomic E-state index is 12.8. The molecular weight excluding hydrogens is 350 g/mol. The molecule has 0 radical (unpaired) electrons. The number of amides is 1. The van der Waals surface area contributed by atoms with Crippen molar-refractivity contribution >= 4 is 11.7 Å². The van der Waals surface area contributed by atoms with Crippen LogP contribution in [0.2, 0.25) is 0 Å². The van der Waals surface area contributed by atoms with E-state index < -0.39 is 0 Å². The van der Waals surface area contributed by atoms with Crippen LogP contribution in [0.15, 0.2) is 12.1 Å². The second-order valence-corrected chi connectivity index (χ2v) is 6.29. The molecule has 1 aliphatic rings. The van der Waals surface area contributed by atoms with E-state index >= 15 is 0 Å². The summed E-state index contributed by atoms with van der Waals surface area (Å²) in [6, 6.07) is 2.97. The summed E-state index contributed by atoms with van der Waals surface area (Å²) in [5.41, 5.74) is 0.473. The molecule has 0 spiro atoms. The minimum absolute atomic E-state index is 0.0606. The summed E-state index contributed by atoms with van der Waals surface area (Å²) in [5.74, 6) is 1.18. The van der Waals surface area contributed by atoms with Crippen LogP contribution in [0.3, 0.4) is 0 Å². The van der Waals surface area contributed by atoms with Crippen LogP contribution in [0.4, 0.5) is 0 Å². The number of hydrogen-bond acceptors (Lipinski definition) is 7. The monoisotopic (exact) mass is 379 g/mol. The van der Waals surface area contributed by atoms with Gasteiger partial charge in [-0.1, -0.05) is 0 Å². The zero-order valence-electron chi connectivity index (χ0n) is 16.5. The molecule has 1 heterocycles. The quantitative estimate of drug-likeness (QED) is 0.611.